The Hall–Kier alpha value is -1.22. The summed E-state index contributed by atoms with van der Waals surface area (Å²) in [7, 11) is 2.08. The van der Waals surface area contributed by atoms with Crippen molar-refractivity contribution in [2.75, 3.05) is 18.5 Å². The highest BCUT2D eigenvalue weighted by Crippen LogP contribution is 2.30. The standard InChI is InChI=1S/C17H30N2O/c1-7-10-18-13(4)16-9-8-15(11-17(16)20)19(6)14(5)12(2)3/h8-9,11-14,18,20H,7,10H2,1-6H3. The van der Waals surface area contributed by atoms with Crippen molar-refractivity contribution in [1.82, 2.24) is 5.32 Å². The zero-order valence-corrected chi connectivity index (χ0v) is 13.8. The molecule has 0 saturated carbocycles. The molecule has 2 unspecified atom stereocenters. The summed E-state index contributed by atoms with van der Waals surface area (Å²) >= 11 is 0. The molecule has 0 saturated heterocycles. The Bertz CT molecular complexity index is 417. The van der Waals surface area contributed by atoms with Gasteiger partial charge in [-0.1, -0.05) is 26.8 Å². The highest BCUT2D eigenvalue weighted by Gasteiger charge is 2.16. The number of nitrogens with one attached hydrogen (secondary N) is 1. The summed E-state index contributed by atoms with van der Waals surface area (Å²) in [5.41, 5.74) is 2.03. The fourth-order valence-corrected chi connectivity index (χ4v) is 2.27. The number of rotatable bonds is 7. The Morgan fingerprint density at radius 1 is 1.20 bits per heavy atom. The van der Waals surface area contributed by atoms with E-state index in [2.05, 4.69) is 57.9 Å². The molecule has 0 aromatic heterocycles. The molecule has 0 aliphatic heterocycles. The number of hydrogen-bond donors (Lipinski definition) is 2. The van der Waals surface area contributed by atoms with E-state index in [0.717, 1.165) is 24.2 Å². The molecule has 3 heteroatoms. The first-order valence-corrected chi connectivity index (χ1v) is 7.67. The molecule has 0 spiro atoms. The van der Waals surface area contributed by atoms with Gasteiger partial charge in [-0.3, -0.25) is 0 Å². The molecule has 0 heterocycles. The predicted octanol–water partition coefficient (Wildman–Crippen LogP) is 3.93. The Morgan fingerprint density at radius 3 is 2.35 bits per heavy atom. The Balaban J connectivity index is 2.87. The summed E-state index contributed by atoms with van der Waals surface area (Å²) < 4.78 is 0. The van der Waals surface area contributed by atoms with Crippen LogP contribution in [0.15, 0.2) is 18.2 Å². The van der Waals surface area contributed by atoms with Crippen molar-refractivity contribution in [3.8, 4) is 5.75 Å². The van der Waals surface area contributed by atoms with Gasteiger partial charge in [0, 0.05) is 36.4 Å². The van der Waals surface area contributed by atoms with E-state index in [1.807, 2.05) is 12.1 Å². The van der Waals surface area contributed by atoms with Crippen LogP contribution in [0.1, 0.15) is 52.6 Å². The van der Waals surface area contributed by atoms with Gasteiger partial charge in [0.05, 0.1) is 0 Å². The molecule has 1 rings (SSSR count). The number of benzene rings is 1. The molecule has 114 valence electrons. The van der Waals surface area contributed by atoms with Crippen LogP contribution in [-0.2, 0) is 0 Å². The average Bonchev–Trinajstić information content (AvgIpc) is 2.42. The van der Waals surface area contributed by atoms with Crippen molar-refractivity contribution in [2.24, 2.45) is 5.92 Å². The van der Waals surface area contributed by atoms with Crippen LogP contribution < -0.4 is 10.2 Å². The van der Waals surface area contributed by atoms with Crippen LogP contribution in [0.4, 0.5) is 5.69 Å². The number of nitrogens with zero attached hydrogens (tertiary/aromatic N) is 1. The van der Waals surface area contributed by atoms with Crippen molar-refractivity contribution in [1.29, 1.82) is 0 Å². The number of aromatic hydroxyl groups is 1. The lowest BCUT2D eigenvalue weighted by Gasteiger charge is -2.30. The molecule has 1 aromatic carbocycles. The summed E-state index contributed by atoms with van der Waals surface area (Å²) in [4.78, 5) is 2.22. The second kappa shape index (κ2) is 7.53. The molecule has 0 amide bonds. The highest BCUT2D eigenvalue weighted by atomic mass is 16.3. The molecular weight excluding hydrogens is 248 g/mol. The zero-order chi connectivity index (χ0) is 15.3. The Kier molecular flexibility index (Phi) is 6.34. The van der Waals surface area contributed by atoms with E-state index in [9.17, 15) is 5.11 Å². The smallest absolute Gasteiger partial charge is 0.122 e. The predicted molar refractivity (Wildman–Crippen MR) is 87.5 cm³/mol. The van der Waals surface area contributed by atoms with E-state index < -0.39 is 0 Å². The van der Waals surface area contributed by atoms with Crippen LogP contribution in [0.25, 0.3) is 0 Å². The maximum Gasteiger partial charge on any atom is 0.122 e. The molecule has 0 bridgehead atoms. The molecule has 0 aliphatic rings. The molecule has 2 atom stereocenters. The summed E-state index contributed by atoms with van der Waals surface area (Å²) in [6.45, 7) is 11.8. The van der Waals surface area contributed by atoms with Gasteiger partial charge in [0.1, 0.15) is 5.75 Å². The number of hydrogen-bond acceptors (Lipinski definition) is 3. The van der Waals surface area contributed by atoms with Crippen LogP contribution >= 0.6 is 0 Å². The first kappa shape index (κ1) is 16.8. The average molecular weight is 278 g/mol. The third-order valence-electron chi connectivity index (χ3n) is 4.16. The molecular formula is C17H30N2O. The van der Waals surface area contributed by atoms with Crippen LogP contribution in [0.2, 0.25) is 0 Å². The van der Waals surface area contributed by atoms with E-state index in [-0.39, 0.29) is 6.04 Å². The summed E-state index contributed by atoms with van der Waals surface area (Å²) in [5.74, 6) is 0.952. The minimum Gasteiger partial charge on any atom is -0.508 e. The van der Waals surface area contributed by atoms with Crippen LogP contribution in [0.5, 0.6) is 5.75 Å². The molecule has 0 aliphatic carbocycles. The minimum absolute atomic E-state index is 0.178. The highest BCUT2D eigenvalue weighted by molar-refractivity contribution is 5.54. The number of phenols is 1. The molecule has 1 aromatic rings. The van der Waals surface area contributed by atoms with Crippen molar-refractivity contribution in [3.05, 3.63) is 23.8 Å². The van der Waals surface area contributed by atoms with E-state index in [1.165, 1.54) is 0 Å². The second-order valence-corrected chi connectivity index (χ2v) is 6.01. The van der Waals surface area contributed by atoms with Gasteiger partial charge in [-0.2, -0.15) is 0 Å². The van der Waals surface area contributed by atoms with Crippen molar-refractivity contribution < 1.29 is 5.11 Å². The van der Waals surface area contributed by atoms with Gasteiger partial charge < -0.3 is 15.3 Å². The van der Waals surface area contributed by atoms with Crippen molar-refractivity contribution in [3.63, 3.8) is 0 Å². The summed E-state index contributed by atoms with van der Waals surface area (Å²) in [6.07, 6.45) is 1.10. The monoisotopic (exact) mass is 278 g/mol. The number of anilines is 1. The van der Waals surface area contributed by atoms with E-state index >= 15 is 0 Å². The zero-order valence-electron chi connectivity index (χ0n) is 13.8. The molecule has 3 nitrogen and oxygen atoms in total. The fourth-order valence-electron chi connectivity index (χ4n) is 2.27. The third-order valence-corrected chi connectivity index (χ3v) is 4.16. The molecule has 20 heavy (non-hydrogen) atoms. The topological polar surface area (TPSA) is 35.5 Å². The van der Waals surface area contributed by atoms with Gasteiger partial charge in [0.2, 0.25) is 0 Å². The molecule has 2 N–H and O–H groups in total. The van der Waals surface area contributed by atoms with Gasteiger partial charge in [0.15, 0.2) is 0 Å². The Morgan fingerprint density at radius 2 is 1.85 bits per heavy atom. The molecule has 0 radical (unpaired) electrons. The maximum atomic E-state index is 10.3. The first-order chi connectivity index (χ1) is 9.38. The van der Waals surface area contributed by atoms with Crippen molar-refractivity contribution in [2.45, 2.75) is 53.1 Å². The van der Waals surface area contributed by atoms with Gasteiger partial charge in [-0.05, 0) is 38.8 Å². The van der Waals surface area contributed by atoms with Gasteiger partial charge in [0.25, 0.3) is 0 Å². The molecule has 0 fully saturated rings. The third kappa shape index (κ3) is 4.14. The van der Waals surface area contributed by atoms with Crippen molar-refractivity contribution >= 4 is 5.69 Å². The van der Waals surface area contributed by atoms with E-state index in [4.69, 9.17) is 0 Å². The van der Waals surface area contributed by atoms with E-state index in [1.54, 1.807) is 0 Å². The quantitative estimate of drug-likeness (QED) is 0.793. The normalized spacial score (nSPS) is 14.3. The lowest BCUT2D eigenvalue weighted by Crippen LogP contribution is -2.33. The lowest BCUT2D eigenvalue weighted by atomic mass is 10.0. The summed E-state index contributed by atoms with van der Waals surface area (Å²) in [5, 5.41) is 13.7. The fraction of sp³-hybridized carbons (Fsp3) is 0.647. The van der Waals surface area contributed by atoms with Crippen LogP contribution in [0, 0.1) is 5.92 Å². The SMILES string of the molecule is CCCNC(C)c1ccc(N(C)C(C)C(C)C)cc1O. The number of phenolic OH excluding ortho intramolecular Hbond substituents is 1. The lowest BCUT2D eigenvalue weighted by molar-refractivity contribution is 0.451. The van der Waals surface area contributed by atoms with E-state index in [0.29, 0.717) is 17.7 Å². The van der Waals surface area contributed by atoms with Gasteiger partial charge in [-0.25, -0.2) is 0 Å². The minimum atomic E-state index is 0.178. The van der Waals surface area contributed by atoms with Crippen LogP contribution in [0.3, 0.4) is 0 Å². The first-order valence-electron chi connectivity index (χ1n) is 7.67. The van der Waals surface area contributed by atoms with Gasteiger partial charge in [-0.15, -0.1) is 0 Å². The maximum absolute atomic E-state index is 10.3. The van der Waals surface area contributed by atoms with Gasteiger partial charge >= 0.3 is 0 Å². The summed E-state index contributed by atoms with van der Waals surface area (Å²) in [6, 6.07) is 6.62. The Labute approximate surface area is 124 Å². The second-order valence-electron chi connectivity index (χ2n) is 6.01. The van der Waals surface area contributed by atoms with Crippen LogP contribution in [-0.4, -0.2) is 24.7 Å². The largest absolute Gasteiger partial charge is 0.508 e.